The van der Waals surface area contributed by atoms with Gasteiger partial charge in [0.15, 0.2) is 6.04 Å². The topological polar surface area (TPSA) is 143 Å². The molecule has 0 saturated carbocycles. The van der Waals surface area contributed by atoms with Crippen molar-refractivity contribution in [2.75, 3.05) is 18.1 Å². The van der Waals surface area contributed by atoms with Crippen LogP contribution >= 0.6 is 24.4 Å². The summed E-state index contributed by atoms with van der Waals surface area (Å²) in [4.78, 5) is 64.3. The lowest BCUT2D eigenvalue weighted by molar-refractivity contribution is -0.163. The van der Waals surface area contributed by atoms with Gasteiger partial charge in [-0.15, -0.1) is 11.8 Å². The number of hydrogen-bond acceptors (Lipinski definition) is 9. The number of amides is 3. The molecule has 0 atom stereocenters. The third kappa shape index (κ3) is 5.57. The Morgan fingerprint density at radius 2 is 1.90 bits per heavy atom. The van der Waals surface area contributed by atoms with E-state index in [1.807, 2.05) is 0 Å². The molecule has 1 aromatic heterocycles. The van der Waals surface area contributed by atoms with Gasteiger partial charge in [-0.25, -0.2) is 9.69 Å². The first-order valence-electron chi connectivity index (χ1n) is 8.15. The number of thiol groups is 1. The van der Waals surface area contributed by atoms with Crippen LogP contribution in [0.4, 0.5) is 0 Å². The zero-order chi connectivity index (χ0) is 21.6. The molecule has 2 N–H and O–H groups in total. The molecule has 2 heterocycles. The summed E-state index contributed by atoms with van der Waals surface area (Å²) < 4.78 is 4.75. The number of carbonyl (C=O) groups excluding carboxylic acids is 4. The van der Waals surface area contributed by atoms with Crippen molar-refractivity contribution < 1.29 is 33.8 Å². The van der Waals surface area contributed by atoms with E-state index in [1.54, 1.807) is 24.5 Å². The molecular formula is C17H17N3O7S2. The van der Waals surface area contributed by atoms with Gasteiger partial charge in [0, 0.05) is 35.5 Å². The molecule has 0 aliphatic carbocycles. The van der Waals surface area contributed by atoms with E-state index in [-0.39, 0.29) is 17.1 Å². The number of rotatable bonds is 9. The molecular weight excluding hydrogens is 422 g/mol. The summed E-state index contributed by atoms with van der Waals surface area (Å²) in [5.74, 6) is -4.77. The summed E-state index contributed by atoms with van der Waals surface area (Å²) in [6, 6.07) is 1.93. The van der Waals surface area contributed by atoms with Crippen molar-refractivity contribution in [3.8, 4) is 0 Å². The number of esters is 1. The van der Waals surface area contributed by atoms with Crippen molar-refractivity contribution in [1.29, 1.82) is 0 Å². The van der Waals surface area contributed by atoms with Crippen LogP contribution in [0.25, 0.3) is 0 Å². The van der Waals surface area contributed by atoms with Crippen LogP contribution in [0.5, 0.6) is 0 Å². The van der Waals surface area contributed by atoms with Gasteiger partial charge in [-0.3, -0.25) is 24.2 Å². The number of pyridine rings is 1. The summed E-state index contributed by atoms with van der Waals surface area (Å²) >= 11 is 5.16. The maximum atomic E-state index is 12.3. The van der Waals surface area contributed by atoms with Gasteiger partial charge in [0.1, 0.15) is 12.3 Å². The van der Waals surface area contributed by atoms with Gasteiger partial charge in [0.25, 0.3) is 11.8 Å². The van der Waals surface area contributed by atoms with E-state index in [9.17, 15) is 29.1 Å². The van der Waals surface area contributed by atoms with Crippen molar-refractivity contribution in [3.05, 3.63) is 35.8 Å². The van der Waals surface area contributed by atoms with Gasteiger partial charge in [-0.1, -0.05) is 0 Å². The van der Waals surface area contributed by atoms with Crippen molar-refractivity contribution in [2.24, 2.45) is 0 Å². The van der Waals surface area contributed by atoms with E-state index in [4.69, 9.17) is 4.74 Å². The number of carboxylic acids is 1. The number of likely N-dealkylation sites (tertiary alicyclic amines) is 1. The fraction of sp³-hybridized carbons (Fsp3) is 0.294. The number of aromatic nitrogens is 1. The zero-order valence-corrected chi connectivity index (χ0v) is 16.9. The first-order valence-corrected chi connectivity index (χ1v) is 9.77. The van der Waals surface area contributed by atoms with Crippen molar-refractivity contribution in [2.45, 2.75) is 17.9 Å². The molecule has 0 unspecified atom stereocenters. The Labute approximate surface area is 175 Å². The Hall–Kier alpha value is -2.86. The molecule has 0 bridgehead atoms. The molecule has 1 fully saturated rings. The van der Waals surface area contributed by atoms with Gasteiger partial charge in [-0.05, 0) is 12.1 Å². The van der Waals surface area contributed by atoms with Crippen LogP contribution in [0.2, 0.25) is 0 Å². The SMILES string of the molecule is CC(=O)OCC(CS)=C(C(=O)O)N1C(=O)C(NC(=O)CSc2ccncc2)C1=O. The molecule has 0 aromatic carbocycles. The Morgan fingerprint density at radius 1 is 1.28 bits per heavy atom. The molecule has 1 saturated heterocycles. The molecule has 1 aliphatic heterocycles. The highest BCUT2D eigenvalue weighted by Crippen LogP contribution is 2.24. The molecule has 154 valence electrons. The maximum Gasteiger partial charge on any atom is 0.353 e. The number of aliphatic carboxylic acids is 1. The molecule has 0 radical (unpaired) electrons. The highest BCUT2D eigenvalue weighted by molar-refractivity contribution is 8.00. The van der Waals surface area contributed by atoms with Crippen LogP contribution in [0.15, 0.2) is 40.7 Å². The number of carboxylic acid groups (broad SMARTS) is 1. The first kappa shape index (κ1) is 22.4. The number of imide groups is 1. The molecule has 10 nitrogen and oxygen atoms in total. The average molecular weight is 439 g/mol. The Bertz CT molecular complexity index is 857. The fourth-order valence-corrected chi connectivity index (χ4v) is 3.26. The lowest BCUT2D eigenvalue weighted by Gasteiger charge is -2.36. The predicted molar refractivity (Wildman–Crippen MR) is 104 cm³/mol. The summed E-state index contributed by atoms with van der Waals surface area (Å²) in [5, 5.41) is 11.7. The lowest BCUT2D eigenvalue weighted by atomic mass is 10.0. The van der Waals surface area contributed by atoms with E-state index in [2.05, 4.69) is 22.9 Å². The molecule has 1 aromatic rings. The summed E-state index contributed by atoms with van der Waals surface area (Å²) in [5.41, 5.74) is -0.663. The van der Waals surface area contributed by atoms with E-state index in [0.717, 1.165) is 11.8 Å². The number of thioether (sulfide) groups is 1. The molecule has 29 heavy (non-hydrogen) atoms. The van der Waals surface area contributed by atoms with Crippen molar-refractivity contribution in [3.63, 3.8) is 0 Å². The number of hydrogen-bond donors (Lipinski definition) is 3. The Morgan fingerprint density at radius 3 is 2.41 bits per heavy atom. The third-order valence-corrected chi connectivity index (χ3v) is 5.06. The van der Waals surface area contributed by atoms with Crippen LogP contribution in [-0.2, 0) is 28.7 Å². The third-order valence-electron chi connectivity index (χ3n) is 3.66. The highest BCUT2D eigenvalue weighted by Gasteiger charge is 2.51. The summed E-state index contributed by atoms with van der Waals surface area (Å²) in [6.07, 6.45) is 3.12. The second kappa shape index (κ2) is 10.1. The van der Waals surface area contributed by atoms with Crippen molar-refractivity contribution >= 4 is 54.1 Å². The van der Waals surface area contributed by atoms with E-state index >= 15 is 0 Å². The Balaban J connectivity index is 2.05. The Kier molecular flexibility index (Phi) is 7.79. The molecule has 1 aliphatic rings. The second-order valence-corrected chi connectivity index (χ2v) is 7.04. The smallest absolute Gasteiger partial charge is 0.353 e. The maximum absolute atomic E-state index is 12.3. The van der Waals surface area contributed by atoms with Crippen LogP contribution in [0, 0.1) is 0 Å². The zero-order valence-electron chi connectivity index (χ0n) is 15.2. The minimum atomic E-state index is -1.55. The van der Waals surface area contributed by atoms with Crippen molar-refractivity contribution in [1.82, 2.24) is 15.2 Å². The van der Waals surface area contributed by atoms with Crippen LogP contribution in [0.3, 0.4) is 0 Å². The second-order valence-electron chi connectivity index (χ2n) is 5.68. The highest BCUT2D eigenvalue weighted by atomic mass is 32.2. The number of carbonyl (C=O) groups is 5. The average Bonchev–Trinajstić information content (AvgIpc) is 2.70. The molecule has 2 rings (SSSR count). The van der Waals surface area contributed by atoms with Crippen LogP contribution in [-0.4, -0.2) is 68.8 Å². The fourth-order valence-electron chi connectivity index (χ4n) is 2.32. The molecule has 3 amide bonds. The standard InChI is InChI=1S/C17H17N3O7S2/c1-9(21)27-6-10(7-28)14(17(25)26)20-15(23)13(16(20)24)19-12(22)8-29-11-2-4-18-5-3-11/h2-5,13,28H,6-8H2,1H3,(H,19,22)(H,25,26). The first-order chi connectivity index (χ1) is 13.8. The van der Waals surface area contributed by atoms with E-state index < -0.39 is 48.0 Å². The number of β-lactam (4-membered cyclic amide) rings is 2. The number of ether oxygens (including phenoxy) is 1. The van der Waals surface area contributed by atoms with Crippen LogP contribution in [0.1, 0.15) is 6.92 Å². The number of nitrogens with zero attached hydrogens (tertiary/aromatic N) is 2. The largest absolute Gasteiger partial charge is 0.477 e. The molecule has 12 heteroatoms. The lowest BCUT2D eigenvalue weighted by Crippen LogP contribution is -2.68. The van der Waals surface area contributed by atoms with Gasteiger partial charge in [0.05, 0.1) is 5.75 Å². The summed E-state index contributed by atoms with van der Waals surface area (Å²) in [7, 11) is 0. The van der Waals surface area contributed by atoms with Gasteiger partial charge < -0.3 is 15.2 Å². The van der Waals surface area contributed by atoms with Gasteiger partial charge >= 0.3 is 11.9 Å². The predicted octanol–water partition coefficient (Wildman–Crippen LogP) is -0.141. The normalized spacial score (nSPS) is 14.8. The van der Waals surface area contributed by atoms with E-state index in [0.29, 0.717) is 4.90 Å². The minimum absolute atomic E-state index is 0.0317. The van der Waals surface area contributed by atoms with Gasteiger partial charge in [-0.2, -0.15) is 12.6 Å². The van der Waals surface area contributed by atoms with E-state index in [1.165, 1.54) is 11.8 Å². The summed E-state index contributed by atoms with van der Waals surface area (Å²) in [6.45, 7) is 0.698. The molecule has 0 spiro atoms. The monoisotopic (exact) mass is 439 g/mol. The quantitative estimate of drug-likeness (QED) is 0.120. The van der Waals surface area contributed by atoms with Gasteiger partial charge in [0.2, 0.25) is 5.91 Å². The minimum Gasteiger partial charge on any atom is -0.477 e. The number of nitrogens with one attached hydrogen (secondary N) is 1. The van der Waals surface area contributed by atoms with Crippen LogP contribution < -0.4 is 5.32 Å².